The van der Waals surface area contributed by atoms with Gasteiger partial charge in [-0.3, -0.25) is 4.90 Å². The molecule has 0 spiro atoms. The molecule has 1 N–H and O–H groups in total. The minimum atomic E-state index is -0.778. The quantitative estimate of drug-likeness (QED) is 0.944. The molecular weight excluding hydrogens is 282 g/mol. The van der Waals surface area contributed by atoms with Crippen molar-refractivity contribution in [3.63, 3.8) is 0 Å². The smallest absolute Gasteiger partial charge is 0.180 e. The molecule has 2 aromatic carbocycles. The van der Waals surface area contributed by atoms with Gasteiger partial charge in [0.1, 0.15) is 5.37 Å². The Labute approximate surface area is 129 Å². The van der Waals surface area contributed by atoms with E-state index in [4.69, 9.17) is 4.74 Å². The van der Waals surface area contributed by atoms with E-state index in [0.717, 1.165) is 4.90 Å². The largest absolute Gasteiger partial charge is 0.366 e. The Morgan fingerprint density at radius 1 is 1.05 bits per heavy atom. The third-order valence-electron chi connectivity index (χ3n) is 3.75. The summed E-state index contributed by atoms with van der Waals surface area (Å²) >= 11 is 1.63. The predicted molar refractivity (Wildman–Crippen MR) is 85.0 cm³/mol. The molecule has 1 aliphatic rings. The van der Waals surface area contributed by atoms with Crippen molar-refractivity contribution >= 4 is 11.8 Å². The molecule has 3 rings (SSSR count). The number of benzene rings is 2. The lowest BCUT2D eigenvalue weighted by Gasteiger charge is -2.41. The average Bonchev–Trinajstić information content (AvgIpc) is 2.53. The van der Waals surface area contributed by atoms with Crippen LogP contribution < -0.4 is 0 Å². The number of morpholine rings is 1. The second-order valence-corrected chi connectivity index (χ2v) is 6.33. The maximum absolute atomic E-state index is 10.2. The maximum atomic E-state index is 10.2. The van der Waals surface area contributed by atoms with Crippen LogP contribution in [0.2, 0.25) is 0 Å². The van der Waals surface area contributed by atoms with Crippen LogP contribution in [-0.2, 0) is 4.74 Å². The first-order valence-corrected chi connectivity index (χ1v) is 7.92. The highest BCUT2D eigenvalue weighted by Crippen LogP contribution is 2.36. The van der Waals surface area contributed by atoms with Gasteiger partial charge in [-0.05, 0) is 24.7 Å². The first-order valence-electron chi connectivity index (χ1n) is 7.04. The van der Waals surface area contributed by atoms with Crippen LogP contribution in [0, 0.1) is 0 Å². The highest BCUT2D eigenvalue weighted by atomic mass is 32.2. The van der Waals surface area contributed by atoms with Crippen molar-refractivity contribution in [2.45, 2.75) is 22.6 Å². The van der Waals surface area contributed by atoms with Crippen LogP contribution in [0.15, 0.2) is 65.6 Å². The average molecular weight is 301 g/mol. The summed E-state index contributed by atoms with van der Waals surface area (Å²) in [5, 5.41) is 10.1. The number of rotatable bonds is 3. The highest BCUT2D eigenvalue weighted by Gasteiger charge is 2.36. The third kappa shape index (κ3) is 3.30. The molecule has 3 atom stereocenters. The summed E-state index contributed by atoms with van der Waals surface area (Å²) in [6, 6.07) is 20.6. The Morgan fingerprint density at radius 3 is 2.33 bits per heavy atom. The van der Waals surface area contributed by atoms with E-state index in [1.807, 2.05) is 43.4 Å². The van der Waals surface area contributed by atoms with E-state index in [2.05, 4.69) is 29.2 Å². The highest BCUT2D eigenvalue weighted by molar-refractivity contribution is 8.00. The zero-order chi connectivity index (χ0) is 14.7. The SMILES string of the molecule is CN1[C@@H](c2ccccc2)CO[C@H](O)[C@@H]1Sc1ccccc1. The molecule has 0 bridgehead atoms. The van der Waals surface area contributed by atoms with Crippen LogP contribution in [-0.4, -0.2) is 35.3 Å². The molecule has 110 valence electrons. The molecule has 1 fully saturated rings. The summed E-state index contributed by atoms with van der Waals surface area (Å²) in [5.41, 5.74) is 1.21. The van der Waals surface area contributed by atoms with Crippen LogP contribution in [0.1, 0.15) is 11.6 Å². The molecule has 1 saturated heterocycles. The van der Waals surface area contributed by atoms with Gasteiger partial charge in [-0.25, -0.2) is 0 Å². The van der Waals surface area contributed by atoms with Gasteiger partial charge in [0, 0.05) is 4.90 Å². The van der Waals surface area contributed by atoms with Crippen LogP contribution in [0.4, 0.5) is 0 Å². The summed E-state index contributed by atoms with van der Waals surface area (Å²) in [7, 11) is 2.05. The Balaban J connectivity index is 1.79. The van der Waals surface area contributed by atoms with Gasteiger partial charge < -0.3 is 9.84 Å². The summed E-state index contributed by atoms with van der Waals surface area (Å²) in [6.07, 6.45) is -0.778. The second kappa shape index (κ2) is 6.62. The van der Waals surface area contributed by atoms with Crippen LogP contribution >= 0.6 is 11.8 Å². The lowest BCUT2D eigenvalue weighted by Crippen LogP contribution is -2.49. The van der Waals surface area contributed by atoms with Crippen molar-refractivity contribution in [1.29, 1.82) is 0 Å². The number of thioether (sulfide) groups is 1. The number of aliphatic hydroxyl groups is 1. The summed E-state index contributed by atoms with van der Waals surface area (Å²) < 4.78 is 5.59. The lowest BCUT2D eigenvalue weighted by atomic mass is 10.1. The molecule has 0 aromatic heterocycles. The van der Waals surface area contributed by atoms with Gasteiger partial charge in [-0.2, -0.15) is 0 Å². The summed E-state index contributed by atoms with van der Waals surface area (Å²) in [4.78, 5) is 3.33. The van der Waals surface area contributed by atoms with Gasteiger partial charge in [-0.1, -0.05) is 48.5 Å². The molecule has 1 heterocycles. The van der Waals surface area contributed by atoms with Crippen molar-refractivity contribution in [3.8, 4) is 0 Å². The van der Waals surface area contributed by atoms with Crippen LogP contribution in [0.5, 0.6) is 0 Å². The Kier molecular flexibility index (Phi) is 4.60. The van der Waals surface area contributed by atoms with Crippen LogP contribution in [0.3, 0.4) is 0 Å². The minimum absolute atomic E-state index is 0.119. The number of hydrogen-bond donors (Lipinski definition) is 1. The Bertz CT molecular complexity index is 564. The zero-order valence-electron chi connectivity index (χ0n) is 11.9. The van der Waals surface area contributed by atoms with Gasteiger partial charge in [-0.15, -0.1) is 11.8 Å². The topological polar surface area (TPSA) is 32.7 Å². The van der Waals surface area contributed by atoms with Crippen molar-refractivity contribution < 1.29 is 9.84 Å². The van der Waals surface area contributed by atoms with E-state index in [9.17, 15) is 5.11 Å². The number of aliphatic hydroxyl groups excluding tert-OH is 1. The fourth-order valence-electron chi connectivity index (χ4n) is 2.55. The van der Waals surface area contributed by atoms with E-state index in [1.165, 1.54) is 5.56 Å². The molecule has 0 unspecified atom stereocenters. The molecular formula is C17H19NO2S. The number of nitrogens with zero attached hydrogens (tertiary/aromatic N) is 1. The van der Waals surface area contributed by atoms with E-state index in [-0.39, 0.29) is 11.4 Å². The van der Waals surface area contributed by atoms with Crippen molar-refractivity contribution in [2.24, 2.45) is 0 Å². The van der Waals surface area contributed by atoms with Gasteiger partial charge in [0.25, 0.3) is 0 Å². The Hall–Kier alpha value is -1.33. The van der Waals surface area contributed by atoms with Crippen molar-refractivity contribution in [3.05, 3.63) is 66.2 Å². The lowest BCUT2D eigenvalue weighted by molar-refractivity contribution is -0.171. The third-order valence-corrected chi connectivity index (χ3v) is 5.10. The molecule has 0 radical (unpaired) electrons. The fourth-order valence-corrected chi connectivity index (χ4v) is 3.66. The van der Waals surface area contributed by atoms with Crippen molar-refractivity contribution in [2.75, 3.05) is 13.7 Å². The molecule has 4 heteroatoms. The van der Waals surface area contributed by atoms with E-state index in [1.54, 1.807) is 11.8 Å². The molecule has 0 aliphatic carbocycles. The number of ether oxygens (including phenoxy) is 1. The molecule has 0 amide bonds. The molecule has 2 aromatic rings. The summed E-state index contributed by atoms with van der Waals surface area (Å²) in [5.74, 6) is 0. The van der Waals surface area contributed by atoms with Gasteiger partial charge >= 0.3 is 0 Å². The monoisotopic (exact) mass is 301 g/mol. The normalized spacial score (nSPS) is 26.7. The molecule has 21 heavy (non-hydrogen) atoms. The molecule has 1 aliphatic heterocycles. The molecule has 0 saturated carbocycles. The second-order valence-electron chi connectivity index (χ2n) is 5.14. The van der Waals surface area contributed by atoms with Gasteiger partial charge in [0.15, 0.2) is 6.29 Å². The Morgan fingerprint density at radius 2 is 1.67 bits per heavy atom. The van der Waals surface area contributed by atoms with Crippen molar-refractivity contribution in [1.82, 2.24) is 4.90 Å². The minimum Gasteiger partial charge on any atom is -0.366 e. The van der Waals surface area contributed by atoms with Gasteiger partial charge in [0.05, 0.1) is 12.6 Å². The van der Waals surface area contributed by atoms with Gasteiger partial charge in [0.2, 0.25) is 0 Å². The van der Waals surface area contributed by atoms with E-state index < -0.39 is 6.29 Å². The zero-order valence-corrected chi connectivity index (χ0v) is 12.7. The van der Waals surface area contributed by atoms with E-state index >= 15 is 0 Å². The predicted octanol–water partition coefficient (Wildman–Crippen LogP) is 3.13. The number of hydrogen-bond acceptors (Lipinski definition) is 4. The van der Waals surface area contributed by atoms with Crippen LogP contribution in [0.25, 0.3) is 0 Å². The standard InChI is InChI=1S/C17H19NO2S/c1-18-15(13-8-4-2-5-9-13)12-20-17(19)16(18)21-14-10-6-3-7-11-14/h2-11,15-17,19H,12H2,1H3/t15-,16+,17+/m1/s1. The summed E-state index contributed by atoms with van der Waals surface area (Å²) in [6.45, 7) is 0.507. The number of likely N-dealkylation sites (N-methyl/N-ethyl adjacent to an activating group) is 1. The maximum Gasteiger partial charge on any atom is 0.180 e. The fraction of sp³-hybridized carbons (Fsp3) is 0.294. The first kappa shape index (κ1) is 14.6. The van der Waals surface area contributed by atoms with E-state index in [0.29, 0.717) is 6.61 Å². The molecule has 3 nitrogen and oxygen atoms in total. The first-order chi connectivity index (χ1) is 10.3.